The monoisotopic (exact) mass is 516 g/mol. The smallest absolute Gasteiger partial charge is 0.282 e. The largest absolute Gasteiger partial charge is 0.488 e. The highest BCUT2D eigenvalue weighted by atomic mass is 16.6. The van der Waals surface area contributed by atoms with Gasteiger partial charge in [-0.1, -0.05) is 42.5 Å². The number of hydrogen-bond acceptors (Lipinski definition) is 7. The van der Waals surface area contributed by atoms with Crippen LogP contribution in [0.25, 0.3) is 33.5 Å². The first-order valence-electron chi connectivity index (χ1n) is 12.1. The van der Waals surface area contributed by atoms with Crippen molar-refractivity contribution < 1.29 is 14.1 Å². The lowest BCUT2D eigenvalue weighted by molar-refractivity contribution is -0.384. The SMILES string of the molecule is O=c1c2ccccc2nc(-c2cc3ccccc3o2)n1N=Cc1ccccc1OCc1ccc([N+](=O)[O-])cc1. The summed E-state index contributed by atoms with van der Waals surface area (Å²) in [6.45, 7) is 0.199. The average Bonchev–Trinajstić information content (AvgIpc) is 3.40. The number of para-hydroxylation sites is 3. The lowest BCUT2D eigenvalue weighted by atomic mass is 10.2. The van der Waals surface area contributed by atoms with Crippen LogP contribution in [0.5, 0.6) is 5.75 Å². The third kappa shape index (κ3) is 4.76. The number of non-ortho nitro benzene ring substituents is 1. The maximum atomic E-state index is 13.5. The Kier molecular flexibility index (Phi) is 6.14. The second-order valence-corrected chi connectivity index (χ2v) is 8.71. The van der Waals surface area contributed by atoms with Gasteiger partial charge < -0.3 is 9.15 Å². The quantitative estimate of drug-likeness (QED) is 0.142. The fourth-order valence-electron chi connectivity index (χ4n) is 4.20. The molecule has 4 aromatic carbocycles. The minimum atomic E-state index is -0.445. The zero-order valence-electron chi connectivity index (χ0n) is 20.4. The number of benzene rings is 4. The lowest BCUT2D eigenvalue weighted by Crippen LogP contribution is -2.20. The lowest BCUT2D eigenvalue weighted by Gasteiger charge is -2.10. The number of nitro groups is 1. The molecule has 0 aliphatic carbocycles. The zero-order valence-corrected chi connectivity index (χ0v) is 20.4. The van der Waals surface area contributed by atoms with E-state index in [9.17, 15) is 14.9 Å². The Balaban J connectivity index is 1.37. The average molecular weight is 517 g/mol. The molecule has 9 nitrogen and oxygen atoms in total. The molecule has 0 radical (unpaired) electrons. The van der Waals surface area contributed by atoms with Crippen molar-refractivity contribution in [2.45, 2.75) is 6.61 Å². The van der Waals surface area contributed by atoms with Crippen LogP contribution in [0, 0.1) is 10.1 Å². The van der Waals surface area contributed by atoms with Gasteiger partial charge in [0.1, 0.15) is 17.9 Å². The van der Waals surface area contributed by atoms with Crippen LogP contribution in [0.4, 0.5) is 5.69 Å². The summed E-state index contributed by atoms with van der Waals surface area (Å²) in [6.07, 6.45) is 1.54. The van der Waals surface area contributed by atoms with Gasteiger partial charge in [-0.2, -0.15) is 9.78 Å². The Labute approximate surface area is 221 Å². The van der Waals surface area contributed by atoms with Gasteiger partial charge >= 0.3 is 0 Å². The van der Waals surface area contributed by atoms with E-state index in [0.29, 0.717) is 33.6 Å². The van der Waals surface area contributed by atoms with E-state index in [0.717, 1.165) is 10.9 Å². The third-order valence-corrected chi connectivity index (χ3v) is 6.17. The van der Waals surface area contributed by atoms with E-state index in [2.05, 4.69) is 5.10 Å². The highest BCUT2D eigenvalue weighted by Crippen LogP contribution is 2.27. The first kappa shape index (κ1) is 23.8. The Bertz CT molecular complexity index is 1890. The molecule has 0 spiro atoms. The summed E-state index contributed by atoms with van der Waals surface area (Å²) >= 11 is 0. The van der Waals surface area contributed by atoms with E-state index in [1.807, 2.05) is 54.6 Å². The minimum Gasteiger partial charge on any atom is -0.488 e. The summed E-state index contributed by atoms with van der Waals surface area (Å²) < 4.78 is 13.2. The number of nitrogens with zero attached hydrogens (tertiary/aromatic N) is 4. The number of furan rings is 1. The number of fused-ring (bicyclic) bond motifs is 2. The molecule has 2 aromatic heterocycles. The Morgan fingerprint density at radius 3 is 2.51 bits per heavy atom. The molecule has 0 aliphatic heterocycles. The Morgan fingerprint density at radius 1 is 0.949 bits per heavy atom. The summed E-state index contributed by atoms with van der Waals surface area (Å²) in [4.78, 5) is 28.7. The molecule has 0 bridgehead atoms. The van der Waals surface area contributed by atoms with Crippen molar-refractivity contribution in [2.24, 2.45) is 5.10 Å². The van der Waals surface area contributed by atoms with Gasteiger partial charge in [0.05, 0.1) is 22.0 Å². The van der Waals surface area contributed by atoms with Crippen LogP contribution in [0.15, 0.2) is 117 Å². The molecule has 0 unspecified atom stereocenters. The summed E-state index contributed by atoms with van der Waals surface area (Å²) in [5.74, 6) is 1.22. The second-order valence-electron chi connectivity index (χ2n) is 8.71. The fraction of sp³-hybridized carbons (Fsp3) is 0.0333. The molecule has 0 N–H and O–H groups in total. The van der Waals surface area contributed by atoms with Crippen molar-refractivity contribution in [3.05, 3.63) is 135 Å². The Hall–Kier alpha value is -5.57. The van der Waals surface area contributed by atoms with Gasteiger partial charge in [-0.05, 0) is 54.1 Å². The summed E-state index contributed by atoms with van der Waals surface area (Å²) in [7, 11) is 0. The minimum absolute atomic E-state index is 0.0148. The maximum absolute atomic E-state index is 13.5. The van der Waals surface area contributed by atoms with Crippen LogP contribution < -0.4 is 10.3 Å². The van der Waals surface area contributed by atoms with Crippen molar-refractivity contribution >= 4 is 33.8 Å². The first-order valence-corrected chi connectivity index (χ1v) is 12.1. The highest BCUT2D eigenvalue weighted by Gasteiger charge is 2.16. The summed E-state index contributed by atoms with van der Waals surface area (Å²) in [5.41, 5.74) is 2.30. The molecule has 6 rings (SSSR count). The zero-order chi connectivity index (χ0) is 26.8. The van der Waals surface area contributed by atoms with Gasteiger partial charge in [0.25, 0.3) is 11.2 Å². The van der Waals surface area contributed by atoms with Gasteiger partial charge in [-0.25, -0.2) is 4.98 Å². The molecule has 39 heavy (non-hydrogen) atoms. The van der Waals surface area contributed by atoms with Gasteiger partial charge in [0.15, 0.2) is 5.76 Å². The van der Waals surface area contributed by atoms with E-state index in [-0.39, 0.29) is 23.7 Å². The van der Waals surface area contributed by atoms with Crippen molar-refractivity contribution in [1.82, 2.24) is 9.66 Å². The highest BCUT2D eigenvalue weighted by molar-refractivity contribution is 5.85. The van der Waals surface area contributed by atoms with Gasteiger partial charge in [-0.3, -0.25) is 14.9 Å². The van der Waals surface area contributed by atoms with Gasteiger partial charge in [0.2, 0.25) is 5.82 Å². The normalized spacial score (nSPS) is 11.4. The van der Waals surface area contributed by atoms with Crippen LogP contribution in [0.2, 0.25) is 0 Å². The predicted molar refractivity (Wildman–Crippen MR) is 148 cm³/mol. The maximum Gasteiger partial charge on any atom is 0.282 e. The molecule has 0 atom stereocenters. The van der Waals surface area contributed by atoms with Crippen molar-refractivity contribution in [2.75, 3.05) is 0 Å². The van der Waals surface area contributed by atoms with Crippen LogP contribution >= 0.6 is 0 Å². The Morgan fingerprint density at radius 2 is 1.69 bits per heavy atom. The van der Waals surface area contributed by atoms with E-state index in [4.69, 9.17) is 14.1 Å². The number of nitro benzene ring substituents is 1. The number of hydrogen-bond donors (Lipinski definition) is 0. The second kappa shape index (κ2) is 10.1. The first-order chi connectivity index (χ1) is 19.1. The molecule has 190 valence electrons. The van der Waals surface area contributed by atoms with Gasteiger partial charge in [0, 0.05) is 23.1 Å². The molecule has 0 amide bonds. The molecule has 0 saturated carbocycles. The molecular weight excluding hydrogens is 496 g/mol. The van der Waals surface area contributed by atoms with Gasteiger partial charge in [-0.15, -0.1) is 0 Å². The summed E-state index contributed by atoms with van der Waals surface area (Å²) in [5, 5.41) is 16.7. The van der Waals surface area contributed by atoms with E-state index in [1.165, 1.54) is 23.0 Å². The fourth-order valence-corrected chi connectivity index (χ4v) is 4.20. The molecule has 6 aromatic rings. The molecule has 0 fully saturated rings. The van der Waals surface area contributed by atoms with Crippen LogP contribution in [-0.2, 0) is 6.61 Å². The molecule has 0 saturated heterocycles. The number of rotatable bonds is 7. The van der Waals surface area contributed by atoms with Crippen molar-refractivity contribution in [3.8, 4) is 17.3 Å². The number of ether oxygens (including phenoxy) is 1. The molecule has 2 heterocycles. The molecule has 9 heteroatoms. The van der Waals surface area contributed by atoms with Crippen LogP contribution in [-0.4, -0.2) is 20.8 Å². The number of aromatic nitrogens is 2. The van der Waals surface area contributed by atoms with E-state index in [1.54, 1.807) is 36.4 Å². The van der Waals surface area contributed by atoms with E-state index >= 15 is 0 Å². The standard InChI is InChI=1S/C30H20N4O5/c35-30-24-9-3-4-10-25(24)32-29(28-17-21-7-1-6-12-27(21)39-28)33(30)31-18-22-8-2-5-11-26(22)38-19-20-13-15-23(16-14-20)34(36)37/h1-18H,19H2. The predicted octanol–water partition coefficient (Wildman–Crippen LogP) is 6.18. The van der Waals surface area contributed by atoms with E-state index < -0.39 is 4.92 Å². The molecule has 0 aliphatic rings. The topological polar surface area (TPSA) is 113 Å². The van der Waals surface area contributed by atoms with Crippen molar-refractivity contribution in [3.63, 3.8) is 0 Å². The summed E-state index contributed by atoms with van der Waals surface area (Å²) in [6, 6.07) is 29.9. The van der Waals surface area contributed by atoms with Crippen LogP contribution in [0.3, 0.4) is 0 Å². The van der Waals surface area contributed by atoms with Crippen LogP contribution in [0.1, 0.15) is 11.1 Å². The molecular formula is C30H20N4O5. The third-order valence-electron chi connectivity index (χ3n) is 6.17. The van der Waals surface area contributed by atoms with Crippen molar-refractivity contribution in [1.29, 1.82) is 0 Å².